The number of carbonyl (C=O) groups excluding carboxylic acids is 1. The van der Waals surface area contributed by atoms with Crippen LogP contribution in [0.4, 0.5) is 0 Å². The Morgan fingerprint density at radius 2 is 2.06 bits per heavy atom. The minimum absolute atomic E-state index is 0.00222. The highest BCUT2D eigenvalue weighted by Gasteiger charge is 2.10. The zero-order valence-electron chi connectivity index (χ0n) is 10.9. The standard InChI is InChI=1S/C14H17ClN2O/c1-8-4-11-5-9(2)17-14(11)12(10(8)3)7-16-13(18)6-15/h4-5,17H,6-7H2,1-3H3,(H,16,18). The molecule has 0 spiro atoms. The van der Waals surface area contributed by atoms with Gasteiger partial charge in [0.2, 0.25) is 5.91 Å². The summed E-state index contributed by atoms with van der Waals surface area (Å²) in [5.74, 6) is -0.147. The maximum atomic E-state index is 11.3. The van der Waals surface area contributed by atoms with Gasteiger partial charge in [0.15, 0.2) is 0 Å². The van der Waals surface area contributed by atoms with Gasteiger partial charge in [-0.3, -0.25) is 4.79 Å². The average molecular weight is 265 g/mol. The van der Waals surface area contributed by atoms with Gasteiger partial charge in [0.05, 0.1) is 5.52 Å². The lowest BCUT2D eigenvalue weighted by molar-refractivity contribution is -0.118. The number of aryl methyl sites for hydroxylation is 2. The van der Waals surface area contributed by atoms with E-state index in [-0.39, 0.29) is 11.8 Å². The molecule has 18 heavy (non-hydrogen) atoms. The van der Waals surface area contributed by atoms with Crippen molar-refractivity contribution in [3.63, 3.8) is 0 Å². The Labute approximate surface area is 112 Å². The fraction of sp³-hybridized carbons (Fsp3) is 0.357. The molecular weight excluding hydrogens is 248 g/mol. The Hall–Kier alpha value is -1.48. The van der Waals surface area contributed by atoms with Crippen LogP contribution in [-0.2, 0) is 11.3 Å². The second-order valence-electron chi connectivity index (χ2n) is 4.62. The SMILES string of the molecule is Cc1cc2cc(C)c(C)c(CNC(=O)CCl)c2[nH]1. The molecule has 0 fully saturated rings. The summed E-state index contributed by atoms with van der Waals surface area (Å²) in [7, 11) is 0. The quantitative estimate of drug-likeness (QED) is 0.823. The minimum atomic E-state index is -0.144. The van der Waals surface area contributed by atoms with Gasteiger partial charge in [-0.1, -0.05) is 0 Å². The van der Waals surface area contributed by atoms with Gasteiger partial charge in [-0.2, -0.15) is 0 Å². The van der Waals surface area contributed by atoms with E-state index in [2.05, 4.69) is 36.3 Å². The van der Waals surface area contributed by atoms with Crippen LogP contribution >= 0.6 is 11.6 Å². The molecule has 4 heteroatoms. The van der Waals surface area contributed by atoms with Crippen LogP contribution in [-0.4, -0.2) is 16.8 Å². The number of aromatic nitrogens is 1. The van der Waals surface area contributed by atoms with Crippen LogP contribution < -0.4 is 5.32 Å². The van der Waals surface area contributed by atoms with Gasteiger partial charge in [-0.05, 0) is 49.6 Å². The highest BCUT2D eigenvalue weighted by Crippen LogP contribution is 2.25. The molecule has 0 saturated heterocycles. The second-order valence-corrected chi connectivity index (χ2v) is 4.89. The zero-order chi connectivity index (χ0) is 13.3. The van der Waals surface area contributed by atoms with Crippen molar-refractivity contribution in [2.75, 3.05) is 5.88 Å². The number of benzene rings is 1. The molecule has 1 aromatic heterocycles. The number of amides is 1. The molecule has 0 aliphatic carbocycles. The van der Waals surface area contributed by atoms with E-state index in [9.17, 15) is 4.79 Å². The fourth-order valence-electron chi connectivity index (χ4n) is 2.20. The maximum absolute atomic E-state index is 11.3. The molecule has 1 heterocycles. The normalized spacial score (nSPS) is 10.9. The Bertz CT molecular complexity index is 601. The molecular formula is C14H17ClN2O. The molecule has 0 radical (unpaired) electrons. The van der Waals surface area contributed by atoms with Crippen molar-refractivity contribution in [1.29, 1.82) is 0 Å². The largest absolute Gasteiger partial charge is 0.358 e. The second kappa shape index (κ2) is 5.02. The molecule has 3 nitrogen and oxygen atoms in total. The van der Waals surface area contributed by atoms with Crippen molar-refractivity contribution in [2.24, 2.45) is 0 Å². The summed E-state index contributed by atoms with van der Waals surface area (Å²) in [6.07, 6.45) is 0. The number of rotatable bonds is 3. The molecule has 2 aromatic rings. The number of carbonyl (C=O) groups is 1. The van der Waals surface area contributed by atoms with Gasteiger partial charge in [-0.15, -0.1) is 11.6 Å². The number of halogens is 1. The highest BCUT2D eigenvalue weighted by molar-refractivity contribution is 6.27. The van der Waals surface area contributed by atoms with Gasteiger partial charge in [0.1, 0.15) is 5.88 Å². The first kappa shape index (κ1) is 13.0. The van der Waals surface area contributed by atoms with Crippen molar-refractivity contribution in [2.45, 2.75) is 27.3 Å². The van der Waals surface area contributed by atoms with Crippen LogP contribution in [0.2, 0.25) is 0 Å². The molecule has 2 N–H and O–H groups in total. The number of H-pyrrole nitrogens is 1. The summed E-state index contributed by atoms with van der Waals surface area (Å²) < 4.78 is 0. The van der Waals surface area contributed by atoms with Crippen molar-refractivity contribution < 1.29 is 4.79 Å². The summed E-state index contributed by atoms with van der Waals surface area (Å²) in [5.41, 5.74) is 5.80. The van der Waals surface area contributed by atoms with E-state index in [1.54, 1.807) is 0 Å². The number of aromatic amines is 1. The van der Waals surface area contributed by atoms with Gasteiger partial charge in [0.25, 0.3) is 0 Å². The maximum Gasteiger partial charge on any atom is 0.235 e. The van der Waals surface area contributed by atoms with Crippen molar-refractivity contribution in [3.05, 3.63) is 34.5 Å². The van der Waals surface area contributed by atoms with Gasteiger partial charge >= 0.3 is 0 Å². The Morgan fingerprint density at radius 1 is 1.33 bits per heavy atom. The monoisotopic (exact) mass is 264 g/mol. The first-order valence-corrected chi connectivity index (χ1v) is 6.47. The lowest BCUT2D eigenvalue weighted by atomic mass is 10.00. The van der Waals surface area contributed by atoms with Crippen LogP contribution in [0, 0.1) is 20.8 Å². The molecule has 96 valence electrons. The summed E-state index contributed by atoms with van der Waals surface area (Å²) in [4.78, 5) is 14.6. The molecule has 0 unspecified atom stereocenters. The lowest BCUT2D eigenvalue weighted by Crippen LogP contribution is -2.24. The summed E-state index contributed by atoms with van der Waals surface area (Å²) in [6, 6.07) is 4.29. The molecule has 0 atom stereocenters. The third kappa shape index (κ3) is 2.36. The predicted molar refractivity (Wildman–Crippen MR) is 75.1 cm³/mol. The molecule has 0 aliphatic rings. The fourth-order valence-corrected chi connectivity index (χ4v) is 2.29. The molecule has 0 aliphatic heterocycles. The third-order valence-electron chi connectivity index (χ3n) is 3.28. The molecule has 0 saturated carbocycles. The van der Waals surface area contributed by atoms with Crippen LogP contribution in [0.25, 0.3) is 10.9 Å². The van der Waals surface area contributed by atoms with E-state index >= 15 is 0 Å². The molecule has 0 bridgehead atoms. The summed E-state index contributed by atoms with van der Waals surface area (Å²) in [6.45, 7) is 6.71. The number of hydrogen-bond donors (Lipinski definition) is 2. The van der Waals surface area contributed by atoms with Crippen LogP contribution in [0.1, 0.15) is 22.4 Å². The number of hydrogen-bond acceptors (Lipinski definition) is 1. The Morgan fingerprint density at radius 3 is 2.72 bits per heavy atom. The van der Waals surface area contributed by atoms with Crippen LogP contribution in [0.15, 0.2) is 12.1 Å². The Balaban J connectivity index is 2.46. The lowest BCUT2D eigenvalue weighted by Gasteiger charge is -2.11. The first-order valence-electron chi connectivity index (χ1n) is 5.94. The molecule has 1 amide bonds. The number of alkyl halides is 1. The van der Waals surface area contributed by atoms with E-state index in [0.717, 1.165) is 16.8 Å². The van der Waals surface area contributed by atoms with E-state index in [4.69, 9.17) is 11.6 Å². The highest BCUT2D eigenvalue weighted by atomic mass is 35.5. The average Bonchev–Trinajstić information content (AvgIpc) is 2.69. The number of fused-ring (bicyclic) bond motifs is 1. The molecule has 2 rings (SSSR count). The summed E-state index contributed by atoms with van der Waals surface area (Å²) in [5, 5.41) is 4.01. The van der Waals surface area contributed by atoms with E-state index in [0.29, 0.717) is 6.54 Å². The topological polar surface area (TPSA) is 44.9 Å². The zero-order valence-corrected chi connectivity index (χ0v) is 11.6. The first-order chi connectivity index (χ1) is 8.52. The summed E-state index contributed by atoms with van der Waals surface area (Å²) >= 11 is 5.49. The van der Waals surface area contributed by atoms with Crippen LogP contribution in [0.3, 0.4) is 0 Å². The minimum Gasteiger partial charge on any atom is -0.358 e. The van der Waals surface area contributed by atoms with Crippen molar-refractivity contribution in [3.8, 4) is 0 Å². The van der Waals surface area contributed by atoms with Gasteiger partial charge in [0, 0.05) is 17.6 Å². The van der Waals surface area contributed by atoms with Crippen molar-refractivity contribution in [1.82, 2.24) is 10.3 Å². The van der Waals surface area contributed by atoms with E-state index in [1.807, 2.05) is 6.92 Å². The van der Waals surface area contributed by atoms with Crippen LogP contribution in [0.5, 0.6) is 0 Å². The van der Waals surface area contributed by atoms with E-state index < -0.39 is 0 Å². The van der Waals surface area contributed by atoms with Gasteiger partial charge in [-0.25, -0.2) is 0 Å². The number of nitrogens with one attached hydrogen (secondary N) is 2. The van der Waals surface area contributed by atoms with Crippen molar-refractivity contribution >= 4 is 28.4 Å². The Kier molecular flexibility index (Phi) is 3.62. The molecule has 1 aromatic carbocycles. The smallest absolute Gasteiger partial charge is 0.235 e. The van der Waals surface area contributed by atoms with Gasteiger partial charge < -0.3 is 10.3 Å². The third-order valence-corrected chi connectivity index (χ3v) is 3.53. The predicted octanol–water partition coefficient (Wildman–Crippen LogP) is 2.95. The van der Waals surface area contributed by atoms with E-state index in [1.165, 1.54) is 16.5 Å².